The molecule has 3 rings (SSSR count). The van der Waals surface area contributed by atoms with Crippen LogP contribution in [0.1, 0.15) is 17.0 Å². The van der Waals surface area contributed by atoms with Crippen molar-refractivity contribution in [3.8, 4) is 11.8 Å². The van der Waals surface area contributed by atoms with E-state index in [1.165, 1.54) is 0 Å². The monoisotopic (exact) mass is 282 g/mol. The van der Waals surface area contributed by atoms with Crippen LogP contribution < -0.4 is 10.5 Å². The van der Waals surface area contributed by atoms with Crippen LogP contribution in [0.2, 0.25) is 5.02 Å². The van der Waals surface area contributed by atoms with Crippen LogP contribution >= 0.6 is 11.6 Å². The van der Waals surface area contributed by atoms with Crippen molar-refractivity contribution in [2.75, 3.05) is 0 Å². The number of nitrogens with zero attached hydrogens (tertiary/aromatic N) is 1. The Hall–Kier alpha value is -2.44. The van der Waals surface area contributed by atoms with E-state index in [-0.39, 0.29) is 11.8 Å². The number of hydrogen-bond donors (Lipinski definition) is 1. The van der Waals surface area contributed by atoms with E-state index >= 15 is 0 Å². The van der Waals surface area contributed by atoms with Gasteiger partial charge in [0.1, 0.15) is 17.4 Å². The van der Waals surface area contributed by atoms with Crippen molar-refractivity contribution in [1.29, 1.82) is 5.26 Å². The fourth-order valence-electron chi connectivity index (χ4n) is 2.44. The predicted octanol–water partition coefficient (Wildman–Crippen LogP) is 3.56. The van der Waals surface area contributed by atoms with Crippen LogP contribution in [0.5, 0.6) is 5.75 Å². The number of rotatable bonds is 1. The first-order valence-electron chi connectivity index (χ1n) is 6.13. The van der Waals surface area contributed by atoms with E-state index in [0.29, 0.717) is 16.3 Å². The van der Waals surface area contributed by atoms with Crippen molar-refractivity contribution in [3.05, 3.63) is 76.1 Å². The molecule has 0 amide bonds. The molecule has 0 radical (unpaired) electrons. The Morgan fingerprint density at radius 3 is 2.40 bits per heavy atom. The largest absolute Gasteiger partial charge is 0.440 e. The molecule has 0 bridgehead atoms. The highest BCUT2D eigenvalue weighted by Gasteiger charge is 2.31. The fourth-order valence-corrected chi connectivity index (χ4v) is 2.68. The Balaban J connectivity index is 2.27. The molecule has 3 nitrogen and oxygen atoms in total. The normalized spacial score (nSPS) is 17.1. The van der Waals surface area contributed by atoms with Crippen LogP contribution in [0.25, 0.3) is 0 Å². The van der Waals surface area contributed by atoms with Gasteiger partial charge in [0, 0.05) is 10.6 Å². The summed E-state index contributed by atoms with van der Waals surface area (Å²) in [6, 6.07) is 17.1. The summed E-state index contributed by atoms with van der Waals surface area (Å²) in [6.45, 7) is 0. The van der Waals surface area contributed by atoms with Gasteiger partial charge >= 0.3 is 0 Å². The molecule has 2 aromatic rings. The molecule has 1 atom stereocenters. The summed E-state index contributed by atoms with van der Waals surface area (Å²) >= 11 is 6.28. The average Bonchev–Trinajstić information content (AvgIpc) is 2.46. The van der Waals surface area contributed by atoms with E-state index in [0.717, 1.165) is 11.1 Å². The average molecular weight is 283 g/mol. The lowest BCUT2D eigenvalue weighted by Crippen LogP contribution is -2.21. The van der Waals surface area contributed by atoms with Crippen LogP contribution in [-0.4, -0.2) is 0 Å². The fraction of sp³-hybridized carbons (Fsp3) is 0.0625. The second kappa shape index (κ2) is 4.92. The Labute approximate surface area is 121 Å². The number of ether oxygens (including phenoxy) is 1. The summed E-state index contributed by atoms with van der Waals surface area (Å²) in [6.07, 6.45) is 0. The summed E-state index contributed by atoms with van der Waals surface area (Å²) in [5.41, 5.74) is 8.01. The first-order chi connectivity index (χ1) is 9.72. The van der Waals surface area contributed by atoms with Crippen LogP contribution in [0.4, 0.5) is 0 Å². The first kappa shape index (κ1) is 12.6. The molecule has 2 aromatic carbocycles. The minimum atomic E-state index is -0.293. The molecule has 1 aliphatic heterocycles. The lowest BCUT2D eigenvalue weighted by atomic mass is 9.83. The number of hydrogen-bond acceptors (Lipinski definition) is 3. The topological polar surface area (TPSA) is 59.0 Å². The quantitative estimate of drug-likeness (QED) is 0.870. The van der Waals surface area contributed by atoms with Crippen molar-refractivity contribution in [1.82, 2.24) is 0 Å². The summed E-state index contributed by atoms with van der Waals surface area (Å²) < 4.78 is 5.52. The second-order valence-corrected chi connectivity index (χ2v) is 4.89. The molecule has 98 valence electrons. The second-order valence-electron chi connectivity index (χ2n) is 4.48. The highest BCUT2D eigenvalue weighted by molar-refractivity contribution is 6.31. The third-order valence-electron chi connectivity index (χ3n) is 3.34. The Bertz CT molecular complexity index is 746. The van der Waals surface area contributed by atoms with Gasteiger partial charge in [0.25, 0.3) is 0 Å². The van der Waals surface area contributed by atoms with Crippen molar-refractivity contribution in [2.24, 2.45) is 5.73 Å². The minimum Gasteiger partial charge on any atom is -0.440 e. The van der Waals surface area contributed by atoms with Crippen molar-refractivity contribution in [3.63, 3.8) is 0 Å². The van der Waals surface area contributed by atoms with Crippen molar-refractivity contribution < 1.29 is 4.74 Å². The molecule has 0 aliphatic carbocycles. The molecule has 0 fully saturated rings. The molecule has 4 heteroatoms. The summed E-state index contributed by atoms with van der Waals surface area (Å²) in [5, 5.41) is 10.0. The molecule has 0 saturated heterocycles. The minimum absolute atomic E-state index is 0.135. The van der Waals surface area contributed by atoms with E-state index in [9.17, 15) is 5.26 Å². The smallest absolute Gasteiger partial charge is 0.205 e. The van der Waals surface area contributed by atoms with Crippen molar-refractivity contribution >= 4 is 11.6 Å². The number of benzene rings is 2. The number of fused-ring (bicyclic) bond motifs is 1. The number of nitriles is 1. The zero-order valence-electron chi connectivity index (χ0n) is 10.5. The molecule has 1 heterocycles. The molecular weight excluding hydrogens is 272 g/mol. The first-order valence-corrected chi connectivity index (χ1v) is 6.51. The zero-order valence-corrected chi connectivity index (χ0v) is 11.3. The SMILES string of the molecule is N#CC1=C(N)Oc2ccccc2[C@H]1c1ccccc1Cl. The van der Waals surface area contributed by atoms with E-state index < -0.39 is 0 Å². The number of nitrogens with two attached hydrogens (primary N) is 1. The lowest BCUT2D eigenvalue weighted by Gasteiger charge is -2.26. The van der Waals surface area contributed by atoms with Gasteiger partial charge in [-0.1, -0.05) is 48.0 Å². The summed E-state index contributed by atoms with van der Waals surface area (Å²) in [5.74, 6) is 0.503. The van der Waals surface area contributed by atoms with Gasteiger partial charge in [-0.15, -0.1) is 0 Å². The number of halogens is 1. The van der Waals surface area contributed by atoms with Gasteiger partial charge in [-0.05, 0) is 17.7 Å². The Kier molecular flexibility index (Phi) is 3.09. The zero-order chi connectivity index (χ0) is 14.1. The van der Waals surface area contributed by atoms with E-state index in [1.54, 1.807) is 6.07 Å². The molecule has 1 aliphatic rings. The lowest BCUT2D eigenvalue weighted by molar-refractivity contribution is 0.393. The van der Waals surface area contributed by atoms with Gasteiger partial charge in [-0.2, -0.15) is 5.26 Å². The molecule has 0 unspecified atom stereocenters. The highest BCUT2D eigenvalue weighted by atomic mass is 35.5. The molecule has 20 heavy (non-hydrogen) atoms. The summed E-state index contributed by atoms with van der Waals surface area (Å²) in [7, 11) is 0. The third-order valence-corrected chi connectivity index (χ3v) is 3.68. The maximum atomic E-state index is 9.40. The standard InChI is InChI=1S/C16H11ClN2O/c17-13-7-3-1-5-10(13)15-11-6-2-4-8-14(11)20-16(19)12(15)9-18/h1-8,15H,19H2/t15-/m1/s1. The predicted molar refractivity (Wildman–Crippen MR) is 77.2 cm³/mol. The van der Waals surface area contributed by atoms with Gasteiger partial charge < -0.3 is 10.5 Å². The van der Waals surface area contributed by atoms with E-state index in [2.05, 4.69) is 6.07 Å². The maximum absolute atomic E-state index is 9.40. The van der Waals surface area contributed by atoms with E-state index in [1.807, 2.05) is 42.5 Å². The van der Waals surface area contributed by atoms with Gasteiger partial charge in [0.15, 0.2) is 0 Å². The maximum Gasteiger partial charge on any atom is 0.205 e. The third kappa shape index (κ3) is 1.91. The number of allylic oxidation sites excluding steroid dienone is 1. The Morgan fingerprint density at radius 2 is 1.70 bits per heavy atom. The molecule has 2 N–H and O–H groups in total. The van der Waals surface area contributed by atoms with Gasteiger partial charge in [-0.25, -0.2) is 0 Å². The molecule has 0 spiro atoms. The highest BCUT2D eigenvalue weighted by Crippen LogP contribution is 2.43. The van der Waals surface area contributed by atoms with Crippen LogP contribution in [0, 0.1) is 11.3 Å². The van der Waals surface area contributed by atoms with Crippen LogP contribution in [-0.2, 0) is 0 Å². The molecule has 0 saturated carbocycles. The van der Waals surface area contributed by atoms with Crippen molar-refractivity contribution in [2.45, 2.75) is 5.92 Å². The van der Waals surface area contributed by atoms with Gasteiger partial charge in [0.05, 0.1) is 5.92 Å². The van der Waals surface area contributed by atoms with Crippen LogP contribution in [0.15, 0.2) is 60.0 Å². The van der Waals surface area contributed by atoms with Crippen LogP contribution in [0.3, 0.4) is 0 Å². The Morgan fingerprint density at radius 1 is 1.05 bits per heavy atom. The van der Waals surface area contributed by atoms with Gasteiger partial charge in [-0.3, -0.25) is 0 Å². The molecular formula is C16H11ClN2O. The van der Waals surface area contributed by atoms with E-state index in [4.69, 9.17) is 22.1 Å². The molecule has 0 aromatic heterocycles. The number of para-hydroxylation sites is 1. The summed E-state index contributed by atoms with van der Waals surface area (Å²) in [4.78, 5) is 0. The van der Waals surface area contributed by atoms with Gasteiger partial charge in [0.2, 0.25) is 5.88 Å².